The van der Waals surface area contributed by atoms with Crippen molar-refractivity contribution in [2.45, 2.75) is 13.0 Å². The minimum atomic E-state index is -0.117. The molecule has 0 heterocycles. The molecule has 0 bridgehead atoms. The summed E-state index contributed by atoms with van der Waals surface area (Å²) in [7, 11) is 0. The Bertz CT molecular complexity index is 692. The third-order valence-electron chi connectivity index (χ3n) is 3.19. The van der Waals surface area contributed by atoms with Crippen molar-refractivity contribution in [1.29, 1.82) is 5.26 Å². The van der Waals surface area contributed by atoms with Crippen molar-refractivity contribution in [1.82, 2.24) is 5.32 Å². The number of nitriles is 1. The Morgan fingerprint density at radius 3 is 2.64 bits per heavy atom. The van der Waals surface area contributed by atoms with Gasteiger partial charge < -0.3 is 10.6 Å². The largest absolute Gasteiger partial charge is 0.376 e. The number of rotatable bonds is 5. The van der Waals surface area contributed by atoms with E-state index in [2.05, 4.69) is 16.7 Å². The molecule has 0 aromatic heterocycles. The van der Waals surface area contributed by atoms with Crippen LogP contribution in [0.3, 0.4) is 0 Å². The van der Waals surface area contributed by atoms with E-state index in [9.17, 15) is 4.79 Å². The van der Waals surface area contributed by atoms with Crippen LogP contribution in [0.1, 0.15) is 24.1 Å². The monoisotopic (exact) mass is 313 g/mol. The van der Waals surface area contributed by atoms with E-state index in [0.717, 1.165) is 11.3 Å². The molecule has 2 aromatic carbocycles. The number of halogens is 1. The van der Waals surface area contributed by atoms with Gasteiger partial charge in [0.2, 0.25) is 5.91 Å². The van der Waals surface area contributed by atoms with Crippen LogP contribution in [0.15, 0.2) is 48.5 Å². The van der Waals surface area contributed by atoms with Gasteiger partial charge in [0.25, 0.3) is 0 Å². The molecule has 4 nitrogen and oxygen atoms in total. The maximum atomic E-state index is 11.9. The van der Waals surface area contributed by atoms with Crippen LogP contribution in [-0.4, -0.2) is 12.5 Å². The molecule has 0 saturated carbocycles. The summed E-state index contributed by atoms with van der Waals surface area (Å²) in [6.45, 7) is 2.07. The van der Waals surface area contributed by atoms with Crippen molar-refractivity contribution in [2.75, 3.05) is 11.9 Å². The van der Waals surface area contributed by atoms with E-state index in [1.807, 2.05) is 25.1 Å². The van der Waals surface area contributed by atoms with Crippen LogP contribution in [0.25, 0.3) is 0 Å². The van der Waals surface area contributed by atoms with Gasteiger partial charge in [0.05, 0.1) is 24.2 Å². The predicted molar refractivity (Wildman–Crippen MR) is 87.7 cm³/mol. The maximum absolute atomic E-state index is 11.9. The summed E-state index contributed by atoms with van der Waals surface area (Å²) in [5, 5.41) is 15.3. The summed E-state index contributed by atoms with van der Waals surface area (Å²) in [4.78, 5) is 11.9. The van der Waals surface area contributed by atoms with Crippen molar-refractivity contribution in [3.63, 3.8) is 0 Å². The number of amides is 1. The first kappa shape index (κ1) is 15.9. The molecule has 22 heavy (non-hydrogen) atoms. The summed E-state index contributed by atoms with van der Waals surface area (Å²) < 4.78 is 0. The number of nitrogens with one attached hydrogen (secondary N) is 2. The van der Waals surface area contributed by atoms with E-state index in [0.29, 0.717) is 10.6 Å². The second-order valence-electron chi connectivity index (χ2n) is 4.89. The number of carbonyl (C=O) groups is 1. The zero-order chi connectivity index (χ0) is 15.9. The minimum absolute atomic E-state index is 0.114. The van der Waals surface area contributed by atoms with Crippen molar-refractivity contribution >= 4 is 23.2 Å². The third-order valence-corrected chi connectivity index (χ3v) is 3.43. The van der Waals surface area contributed by atoms with Crippen LogP contribution in [-0.2, 0) is 4.79 Å². The van der Waals surface area contributed by atoms with Gasteiger partial charge in [-0.25, -0.2) is 0 Å². The molecule has 0 spiro atoms. The predicted octanol–water partition coefficient (Wildman–Crippen LogP) is 3.50. The molecule has 1 atom stereocenters. The minimum Gasteiger partial charge on any atom is -0.376 e. The average molecular weight is 314 g/mol. The molecule has 0 fully saturated rings. The first-order valence-electron chi connectivity index (χ1n) is 6.87. The molecular weight excluding hydrogens is 298 g/mol. The van der Waals surface area contributed by atoms with E-state index in [4.69, 9.17) is 16.9 Å². The quantitative estimate of drug-likeness (QED) is 0.888. The molecule has 5 heteroatoms. The fraction of sp³-hybridized carbons (Fsp3) is 0.176. The molecule has 0 aliphatic heterocycles. The zero-order valence-electron chi connectivity index (χ0n) is 12.1. The lowest BCUT2D eigenvalue weighted by Crippen LogP contribution is -2.32. The highest BCUT2D eigenvalue weighted by atomic mass is 35.5. The summed E-state index contributed by atoms with van der Waals surface area (Å²) in [5.41, 5.74) is 2.34. The molecule has 1 unspecified atom stereocenters. The highest BCUT2D eigenvalue weighted by Crippen LogP contribution is 2.17. The third kappa shape index (κ3) is 4.51. The average Bonchev–Trinajstić information content (AvgIpc) is 2.53. The van der Waals surface area contributed by atoms with E-state index >= 15 is 0 Å². The Hall–Kier alpha value is -2.51. The lowest BCUT2D eigenvalue weighted by molar-refractivity contribution is -0.120. The number of benzene rings is 2. The summed E-state index contributed by atoms with van der Waals surface area (Å²) >= 11 is 5.94. The molecule has 0 aliphatic rings. The van der Waals surface area contributed by atoms with Gasteiger partial charge in [0.1, 0.15) is 0 Å². The van der Waals surface area contributed by atoms with Crippen LogP contribution >= 0.6 is 11.6 Å². The Balaban J connectivity index is 1.86. The highest BCUT2D eigenvalue weighted by Gasteiger charge is 2.09. The van der Waals surface area contributed by atoms with Crippen LogP contribution < -0.4 is 10.6 Å². The van der Waals surface area contributed by atoms with Crippen molar-refractivity contribution in [2.24, 2.45) is 0 Å². The van der Waals surface area contributed by atoms with Gasteiger partial charge in [-0.2, -0.15) is 5.26 Å². The maximum Gasteiger partial charge on any atom is 0.239 e. The van der Waals surface area contributed by atoms with Crippen LogP contribution in [0, 0.1) is 11.3 Å². The van der Waals surface area contributed by atoms with Gasteiger partial charge in [-0.15, -0.1) is 0 Å². The van der Waals surface area contributed by atoms with Crippen molar-refractivity contribution in [3.05, 3.63) is 64.7 Å². The number of hydrogen-bond acceptors (Lipinski definition) is 3. The molecule has 2 rings (SSSR count). The SMILES string of the molecule is CC(NC(=O)CNc1ccc(C#N)cc1)c1cccc(Cl)c1. The van der Waals surface area contributed by atoms with Gasteiger partial charge in [-0.3, -0.25) is 4.79 Å². The van der Waals surface area contributed by atoms with Gasteiger partial charge in [-0.05, 0) is 48.9 Å². The smallest absolute Gasteiger partial charge is 0.239 e. The number of anilines is 1. The van der Waals surface area contributed by atoms with Gasteiger partial charge in [0, 0.05) is 10.7 Å². The molecule has 0 saturated heterocycles. The van der Waals surface area contributed by atoms with Crippen molar-refractivity contribution in [3.8, 4) is 6.07 Å². The van der Waals surface area contributed by atoms with Crippen LogP contribution in [0.4, 0.5) is 5.69 Å². The normalized spacial score (nSPS) is 11.3. The molecule has 2 aromatic rings. The summed E-state index contributed by atoms with van der Waals surface area (Å²) in [6, 6.07) is 16.3. The molecule has 0 aliphatic carbocycles. The molecular formula is C17H16ClN3O. The topological polar surface area (TPSA) is 64.9 Å². The first-order chi connectivity index (χ1) is 10.6. The first-order valence-corrected chi connectivity index (χ1v) is 7.25. The summed E-state index contributed by atoms with van der Waals surface area (Å²) in [5.74, 6) is -0.114. The van der Waals surface area contributed by atoms with Crippen LogP contribution in [0.2, 0.25) is 5.02 Å². The summed E-state index contributed by atoms with van der Waals surface area (Å²) in [6.07, 6.45) is 0. The number of nitrogens with zero attached hydrogens (tertiary/aromatic N) is 1. The lowest BCUT2D eigenvalue weighted by Gasteiger charge is -2.15. The Morgan fingerprint density at radius 2 is 2.00 bits per heavy atom. The molecule has 112 valence electrons. The van der Waals surface area contributed by atoms with Gasteiger partial charge in [-0.1, -0.05) is 23.7 Å². The fourth-order valence-corrected chi connectivity index (χ4v) is 2.20. The van der Waals surface area contributed by atoms with Crippen LogP contribution in [0.5, 0.6) is 0 Å². The Morgan fingerprint density at radius 1 is 1.27 bits per heavy atom. The van der Waals surface area contributed by atoms with Gasteiger partial charge >= 0.3 is 0 Å². The molecule has 1 amide bonds. The number of hydrogen-bond donors (Lipinski definition) is 2. The van der Waals surface area contributed by atoms with Crippen molar-refractivity contribution < 1.29 is 4.79 Å². The molecule has 0 radical (unpaired) electrons. The second-order valence-corrected chi connectivity index (χ2v) is 5.32. The highest BCUT2D eigenvalue weighted by molar-refractivity contribution is 6.30. The van der Waals surface area contributed by atoms with Gasteiger partial charge in [0.15, 0.2) is 0 Å². The standard InChI is InChI=1S/C17H16ClN3O/c1-12(14-3-2-4-15(18)9-14)21-17(22)11-20-16-7-5-13(10-19)6-8-16/h2-9,12,20H,11H2,1H3,(H,21,22). The lowest BCUT2D eigenvalue weighted by atomic mass is 10.1. The second kappa shape index (κ2) is 7.48. The fourth-order valence-electron chi connectivity index (χ4n) is 2.00. The Kier molecular flexibility index (Phi) is 5.40. The van der Waals surface area contributed by atoms with E-state index in [1.54, 1.807) is 30.3 Å². The Labute approximate surface area is 134 Å². The number of carbonyl (C=O) groups excluding carboxylic acids is 1. The van der Waals surface area contributed by atoms with E-state index < -0.39 is 0 Å². The van der Waals surface area contributed by atoms with E-state index in [-0.39, 0.29) is 18.5 Å². The van der Waals surface area contributed by atoms with E-state index in [1.165, 1.54) is 0 Å². The zero-order valence-corrected chi connectivity index (χ0v) is 12.9. The molecule has 2 N–H and O–H groups in total.